The van der Waals surface area contributed by atoms with Gasteiger partial charge in [0.15, 0.2) is 0 Å². The Bertz CT molecular complexity index is 1640. The van der Waals surface area contributed by atoms with E-state index in [2.05, 4.69) is 15.0 Å². The molecule has 0 bridgehead atoms. The zero-order valence-electron chi connectivity index (χ0n) is 18.4. The highest BCUT2D eigenvalue weighted by molar-refractivity contribution is 6.39. The quantitative estimate of drug-likeness (QED) is 0.153. The number of pyridine rings is 3. The van der Waals surface area contributed by atoms with Crippen molar-refractivity contribution >= 4 is 56.6 Å². The molecule has 0 spiro atoms. The van der Waals surface area contributed by atoms with Crippen LogP contribution < -0.4 is 0 Å². The molecule has 5 rings (SSSR count). The van der Waals surface area contributed by atoms with Crippen molar-refractivity contribution in [3.05, 3.63) is 98.1 Å². The number of hydrogen-bond donors (Lipinski definition) is 0. The van der Waals surface area contributed by atoms with Crippen molar-refractivity contribution in [3.63, 3.8) is 0 Å². The van der Waals surface area contributed by atoms with Gasteiger partial charge in [-0.15, -0.1) is 0 Å². The molecule has 0 aliphatic carbocycles. The average Bonchev–Trinajstić information content (AvgIpc) is 2.80. The molecule has 0 aliphatic rings. The van der Waals surface area contributed by atoms with Gasteiger partial charge in [-0.25, -0.2) is 32.5 Å². The van der Waals surface area contributed by atoms with Gasteiger partial charge in [0.1, 0.15) is 28.4 Å². The van der Waals surface area contributed by atoms with E-state index in [1.54, 1.807) is 13.8 Å². The van der Waals surface area contributed by atoms with Gasteiger partial charge in [-0.2, -0.15) is 4.39 Å². The SMILES string of the molecule is Cc1c(-c2ccc(F)nc2)nc2cc(F)cc(F)c2c1Cl.Cc1c(Cl)nc2cc(F)cc(F)c2c1Cl. The maximum atomic E-state index is 13.8. The summed E-state index contributed by atoms with van der Waals surface area (Å²) in [6.45, 7) is 3.29. The number of rotatable bonds is 1. The van der Waals surface area contributed by atoms with Crippen LogP contribution in [0.15, 0.2) is 42.6 Å². The minimum absolute atomic E-state index is 0.0642. The molecule has 0 unspecified atom stereocenters. The van der Waals surface area contributed by atoms with Crippen LogP contribution in [0, 0.1) is 43.1 Å². The van der Waals surface area contributed by atoms with E-state index in [4.69, 9.17) is 34.8 Å². The van der Waals surface area contributed by atoms with Crippen molar-refractivity contribution in [3.8, 4) is 11.3 Å². The summed E-state index contributed by atoms with van der Waals surface area (Å²) in [5, 5.41) is 0.631. The molecule has 184 valence electrons. The number of halogens is 8. The molecule has 2 aromatic carbocycles. The van der Waals surface area contributed by atoms with Crippen molar-refractivity contribution in [1.82, 2.24) is 15.0 Å². The van der Waals surface area contributed by atoms with Crippen LogP contribution in [0.25, 0.3) is 33.1 Å². The molecular weight excluding hydrogens is 544 g/mol. The molecule has 0 aliphatic heterocycles. The Morgan fingerprint density at radius 2 is 1.19 bits per heavy atom. The molecule has 3 aromatic heterocycles. The highest BCUT2D eigenvalue weighted by Crippen LogP contribution is 2.35. The second kappa shape index (κ2) is 10.1. The Hall–Kier alpha value is -3.07. The average molecular weight is 557 g/mol. The summed E-state index contributed by atoms with van der Waals surface area (Å²) in [4.78, 5) is 11.6. The fourth-order valence-corrected chi connectivity index (χ4v) is 4.28. The van der Waals surface area contributed by atoms with E-state index >= 15 is 0 Å². The van der Waals surface area contributed by atoms with E-state index in [9.17, 15) is 22.0 Å². The normalized spacial score (nSPS) is 11.1. The molecule has 3 nitrogen and oxygen atoms in total. The van der Waals surface area contributed by atoms with E-state index in [0.29, 0.717) is 22.4 Å². The van der Waals surface area contributed by atoms with E-state index in [-0.39, 0.29) is 37.0 Å². The molecule has 36 heavy (non-hydrogen) atoms. The Morgan fingerprint density at radius 1 is 0.667 bits per heavy atom. The van der Waals surface area contributed by atoms with E-state index in [0.717, 1.165) is 24.3 Å². The van der Waals surface area contributed by atoms with Crippen LogP contribution in [0.3, 0.4) is 0 Å². The monoisotopic (exact) mass is 555 g/mol. The third-order valence-corrected chi connectivity index (χ3v) is 6.60. The van der Waals surface area contributed by atoms with E-state index in [1.807, 2.05) is 0 Å². The lowest BCUT2D eigenvalue weighted by Gasteiger charge is -2.11. The van der Waals surface area contributed by atoms with Crippen LogP contribution in [-0.4, -0.2) is 15.0 Å². The third-order valence-electron chi connectivity index (χ3n) is 5.28. The van der Waals surface area contributed by atoms with Gasteiger partial charge in [0.25, 0.3) is 0 Å². The predicted octanol–water partition coefficient (Wildman–Crippen LogP) is 8.80. The van der Waals surface area contributed by atoms with Crippen molar-refractivity contribution < 1.29 is 22.0 Å². The fraction of sp³-hybridized carbons (Fsp3) is 0.0800. The first-order chi connectivity index (χ1) is 17.0. The first-order valence-electron chi connectivity index (χ1n) is 10.1. The number of hydrogen-bond acceptors (Lipinski definition) is 3. The minimum atomic E-state index is -0.769. The molecule has 0 fully saturated rings. The molecule has 0 atom stereocenters. The van der Waals surface area contributed by atoms with Crippen LogP contribution >= 0.6 is 34.8 Å². The molecule has 5 aromatic rings. The van der Waals surface area contributed by atoms with Crippen LogP contribution in [0.5, 0.6) is 0 Å². The topological polar surface area (TPSA) is 38.7 Å². The Kier molecular flexibility index (Phi) is 7.31. The van der Waals surface area contributed by atoms with Gasteiger partial charge in [-0.3, -0.25) is 0 Å². The zero-order valence-corrected chi connectivity index (χ0v) is 20.7. The molecule has 11 heteroatoms. The lowest BCUT2D eigenvalue weighted by Crippen LogP contribution is -1.96. The minimum Gasteiger partial charge on any atom is -0.247 e. The summed E-state index contributed by atoms with van der Waals surface area (Å²) >= 11 is 17.8. The molecule has 0 amide bonds. The Morgan fingerprint density at radius 3 is 1.72 bits per heavy atom. The second-order valence-electron chi connectivity index (χ2n) is 7.67. The van der Waals surface area contributed by atoms with Gasteiger partial charge in [-0.1, -0.05) is 34.8 Å². The van der Waals surface area contributed by atoms with Gasteiger partial charge in [0.05, 0.1) is 37.5 Å². The molecular formula is C25H13Cl3F5N3. The molecule has 3 heterocycles. The number of aromatic nitrogens is 3. The lowest BCUT2D eigenvalue weighted by molar-refractivity contribution is 0.584. The molecule has 0 saturated heterocycles. The van der Waals surface area contributed by atoms with Crippen LogP contribution in [0.4, 0.5) is 22.0 Å². The van der Waals surface area contributed by atoms with Crippen LogP contribution in [-0.2, 0) is 0 Å². The highest BCUT2D eigenvalue weighted by atomic mass is 35.5. The zero-order chi connectivity index (χ0) is 26.3. The second-order valence-corrected chi connectivity index (χ2v) is 8.79. The fourth-order valence-electron chi connectivity index (χ4n) is 3.49. The summed E-state index contributed by atoms with van der Waals surface area (Å²) < 4.78 is 66.4. The van der Waals surface area contributed by atoms with Crippen molar-refractivity contribution in [2.75, 3.05) is 0 Å². The number of fused-ring (bicyclic) bond motifs is 2. The van der Waals surface area contributed by atoms with Crippen LogP contribution in [0.1, 0.15) is 11.1 Å². The molecule has 0 saturated carbocycles. The predicted molar refractivity (Wildman–Crippen MR) is 131 cm³/mol. The first kappa shape index (κ1) is 26.0. The summed E-state index contributed by atoms with van der Waals surface area (Å²) in [5.41, 5.74) is 2.14. The first-order valence-corrected chi connectivity index (χ1v) is 11.3. The maximum Gasteiger partial charge on any atom is 0.212 e. The van der Waals surface area contributed by atoms with Gasteiger partial charge in [0.2, 0.25) is 5.95 Å². The molecule has 0 radical (unpaired) electrons. The van der Waals surface area contributed by atoms with Crippen molar-refractivity contribution in [2.45, 2.75) is 13.8 Å². The summed E-state index contributed by atoms with van der Waals surface area (Å²) in [7, 11) is 0. The smallest absolute Gasteiger partial charge is 0.212 e. The Labute approximate surface area is 216 Å². The van der Waals surface area contributed by atoms with Crippen molar-refractivity contribution in [2.24, 2.45) is 0 Å². The Balaban J connectivity index is 0.000000179. The van der Waals surface area contributed by atoms with Gasteiger partial charge in [-0.05, 0) is 31.5 Å². The lowest BCUT2D eigenvalue weighted by atomic mass is 10.1. The highest BCUT2D eigenvalue weighted by Gasteiger charge is 2.17. The largest absolute Gasteiger partial charge is 0.247 e. The van der Waals surface area contributed by atoms with E-state index in [1.165, 1.54) is 18.3 Å². The summed E-state index contributed by atoms with van der Waals surface area (Å²) in [6.07, 6.45) is 1.29. The third kappa shape index (κ3) is 4.93. The van der Waals surface area contributed by atoms with Crippen LogP contribution in [0.2, 0.25) is 15.2 Å². The van der Waals surface area contributed by atoms with Crippen molar-refractivity contribution in [1.29, 1.82) is 0 Å². The maximum absolute atomic E-state index is 13.8. The van der Waals surface area contributed by atoms with Gasteiger partial charge >= 0.3 is 0 Å². The summed E-state index contributed by atoms with van der Waals surface area (Å²) in [5.74, 6) is -3.57. The molecule has 0 N–H and O–H groups in total. The number of nitrogens with zero attached hydrogens (tertiary/aromatic N) is 3. The van der Waals surface area contributed by atoms with E-state index < -0.39 is 29.2 Å². The van der Waals surface area contributed by atoms with Gasteiger partial charge in [0, 0.05) is 41.6 Å². The summed E-state index contributed by atoms with van der Waals surface area (Å²) in [6, 6.07) is 6.38. The van der Waals surface area contributed by atoms with Gasteiger partial charge < -0.3 is 0 Å². The standard InChI is InChI=1S/C15H8ClF3N2.C10H5Cl2F2N/c1-7-14(16)13-10(18)4-9(17)5-11(13)21-15(7)8-2-3-12(19)20-6-8;1-4-9(11)8-6(14)2-5(13)3-7(8)15-10(4)12/h2-6H,1H3;2-3H,1H3. The number of benzene rings is 2.